The normalized spacial score (nSPS) is 27.6. The van der Waals surface area contributed by atoms with Gasteiger partial charge in [0.05, 0.1) is 16.8 Å². The van der Waals surface area contributed by atoms with Gasteiger partial charge in [0.15, 0.2) is 0 Å². The zero-order chi connectivity index (χ0) is 27.0. The van der Waals surface area contributed by atoms with Gasteiger partial charge >= 0.3 is 5.97 Å². The van der Waals surface area contributed by atoms with E-state index in [0.29, 0.717) is 18.8 Å². The van der Waals surface area contributed by atoms with Crippen LogP contribution in [0.5, 0.6) is 0 Å². The maximum atomic E-state index is 12.6. The van der Waals surface area contributed by atoms with Crippen LogP contribution < -0.4 is 0 Å². The lowest BCUT2D eigenvalue weighted by atomic mass is 9.86. The number of thiazole rings is 1. The van der Waals surface area contributed by atoms with Gasteiger partial charge in [0.1, 0.15) is 11.9 Å². The number of aryl methyl sites for hydroxylation is 1. The fourth-order valence-corrected chi connectivity index (χ4v) is 4.76. The molecule has 1 aromatic heterocycles. The van der Waals surface area contributed by atoms with Crippen molar-refractivity contribution >= 4 is 29.2 Å². The number of aromatic nitrogens is 1. The number of nitrogens with zero attached hydrogens (tertiary/aromatic N) is 1. The molecule has 0 bridgehead atoms. The topological polar surface area (TPSA) is 76.5 Å². The summed E-state index contributed by atoms with van der Waals surface area (Å²) in [7, 11) is 0. The highest BCUT2D eigenvalue weighted by Gasteiger charge is 2.27. The summed E-state index contributed by atoms with van der Waals surface area (Å²) in [4.78, 5) is 29.8. The van der Waals surface area contributed by atoms with E-state index in [-0.39, 0.29) is 30.2 Å². The van der Waals surface area contributed by atoms with Gasteiger partial charge in [-0.3, -0.25) is 9.59 Å². The molecule has 4 unspecified atom stereocenters. The molecule has 0 saturated carbocycles. The summed E-state index contributed by atoms with van der Waals surface area (Å²) in [6, 6.07) is 0. The quantitative estimate of drug-likeness (QED) is 0.412. The number of rotatable bonds is 2. The van der Waals surface area contributed by atoms with Crippen molar-refractivity contribution < 1.29 is 19.4 Å². The van der Waals surface area contributed by atoms with Gasteiger partial charge in [0.2, 0.25) is 0 Å². The standard InChI is InChI=1S/C25H39NO4S.2C2H6/c1-16-9-7-6-8-10-22(27)19(4)25(29)17(2)11-12-24(28)30-23(13-16)18(3)14-21-15-31-20(5)26-21;2*1-2/h14-17,19,22-23,27H,6-13H2,1-5H3;2*1-2H3/b18-14+;;/t16?,17?,19-,22?,23?;;/m1../s1. The number of aliphatic hydroxyl groups is 1. The Balaban J connectivity index is 0.00000274. The maximum Gasteiger partial charge on any atom is 0.306 e. The molecule has 0 aromatic carbocycles. The number of carbonyl (C=O) groups is 2. The molecule has 1 saturated heterocycles. The highest BCUT2D eigenvalue weighted by atomic mass is 32.1. The molecule has 35 heavy (non-hydrogen) atoms. The molecule has 6 heteroatoms. The SMILES string of the molecule is C/C(=C\c1csc(C)n1)C1CC(C)CCCCCC(O)[C@@H](C)C(=O)C(C)CCC(=O)O1.CC.CC. The summed E-state index contributed by atoms with van der Waals surface area (Å²) < 4.78 is 5.90. The number of carbonyl (C=O) groups excluding carboxylic acids is 2. The van der Waals surface area contributed by atoms with E-state index >= 15 is 0 Å². The van der Waals surface area contributed by atoms with Crippen LogP contribution in [0.2, 0.25) is 0 Å². The van der Waals surface area contributed by atoms with Gasteiger partial charge in [-0.2, -0.15) is 0 Å². The van der Waals surface area contributed by atoms with Gasteiger partial charge in [-0.1, -0.05) is 74.1 Å². The average Bonchev–Trinajstić information content (AvgIpc) is 3.26. The average molecular weight is 510 g/mol. The molecule has 2 heterocycles. The molecule has 1 N–H and O–H groups in total. The van der Waals surface area contributed by atoms with E-state index in [0.717, 1.165) is 48.4 Å². The van der Waals surface area contributed by atoms with Crippen LogP contribution >= 0.6 is 11.3 Å². The number of cyclic esters (lactones) is 1. The first-order valence-electron chi connectivity index (χ1n) is 13.7. The number of hydrogen-bond acceptors (Lipinski definition) is 6. The van der Waals surface area contributed by atoms with E-state index < -0.39 is 12.0 Å². The largest absolute Gasteiger partial charge is 0.458 e. The zero-order valence-corrected chi connectivity index (χ0v) is 24.5. The van der Waals surface area contributed by atoms with Gasteiger partial charge in [-0.25, -0.2) is 4.98 Å². The molecule has 1 aliphatic heterocycles. The van der Waals surface area contributed by atoms with Crippen LogP contribution in [-0.2, 0) is 14.3 Å². The number of esters is 1. The molecular weight excluding hydrogens is 458 g/mol. The van der Waals surface area contributed by atoms with E-state index in [1.54, 1.807) is 18.3 Å². The number of ketones is 1. The lowest BCUT2D eigenvalue weighted by Crippen LogP contribution is -2.30. The molecule has 1 aliphatic rings. The van der Waals surface area contributed by atoms with Crippen molar-refractivity contribution in [3.63, 3.8) is 0 Å². The predicted octanol–water partition coefficient (Wildman–Crippen LogP) is 7.79. The summed E-state index contributed by atoms with van der Waals surface area (Å²) in [5.74, 6) is -0.461. The molecular formula is C29H51NO4S. The monoisotopic (exact) mass is 509 g/mol. The maximum absolute atomic E-state index is 12.6. The Kier molecular flexibility index (Phi) is 17.9. The van der Waals surface area contributed by atoms with Gasteiger partial charge in [-0.15, -0.1) is 11.3 Å². The Morgan fingerprint density at radius 3 is 2.29 bits per heavy atom. The predicted molar refractivity (Wildman–Crippen MR) is 149 cm³/mol. The van der Waals surface area contributed by atoms with Gasteiger partial charge in [0.25, 0.3) is 0 Å². The van der Waals surface area contributed by atoms with E-state index in [2.05, 4.69) is 11.9 Å². The molecule has 0 amide bonds. The van der Waals surface area contributed by atoms with Crippen molar-refractivity contribution in [1.29, 1.82) is 0 Å². The third-order valence-electron chi connectivity index (χ3n) is 6.40. The minimum Gasteiger partial charge on any atom is -0.458 e. The second-order valence-electron chi connectivity index (χ2n) is 9.34. The van der Waals surface area contributed by atoms with E-state index in [1.807, 2.05) is 59.9 Å². The molecule has 2 rings (SSSR count). The molecule has 5 nitrogen and oxygen atoms in total. The molecule has 0 spiro atoms. The zero-order valence-electron chi connectivity index (χ0n) is 23.7. The van der Waals surface area contributed by atoms with Crippen LogP contribution in [0, 0.1) is 24.7 Å². The lowest BCUT2D eigenvalue weighted by molar-refractivity contribution is -0.148. The summed E-state index contributed by atoms with van der Waals surface area (Å²) >= 11 is 1.61. The molecule has 1 fully saturated rings. The third-order valence-corrected chi connectivity index (χ3v) is 7.19. The van der Waals surface area contributed by atoms with Gasteiger partial charge in [0, 0.05) is 23.6 Å². The summed E-state index contributed by atoms with van der Waals surface area (Å²) in [5.41, 5.74) is 1.91. The van der Waals surface area contributed by atoms with Crippen molar-refractivity contribution in [3.05, 3.63) is 21.7 Å². The highest BCUT2D eigenvalue weighted by molar-refractivity contribution is 7.09. The molecule has 1 aromatic rings. The van der Waals surface area contributed by atoms with Crippen LogP contribution in [0.1, 0.15) is 117 Å². The van der Waals surface area contributed by atoms with Gasteiger partial charge < -0.3 is 9.84 Å². The van der Waals surface area contributed by atoms with Crippen molar-refractivity contribution in [1.82, 2.24) is 4.98 Å². The molecule has 5 atom stereocenters. The summed E-state index contributed by atoms with van der Waals surface area (Å²) in [5, 5.41) is 13.4. The van der Waals surface area contributed by atoms with Crippen LogP contribution in [0.4, 0.5) is 0 Å². The Labute approximate surface area is 218 Å². The highest BCUT2D eigenvalue weighted by Crippen LogP contribution is 2.26. The lowest BCUT2D eigenvalue weighted by Gasteiger charge is -2.24. The Bertz CT molecular complexity index is 758. The Morgan fingerprint density at radius 2 is 1.69 bits per heavy atom. The van der Waals surface area contributed by atoms with Crippen LogP contribution in [-0.4, -0.2) is 34.1 Å². The van der Waals surface area contributed by atoms with Crippen LogP contribution in [0.15, 0.2) is 11.0 Å². The van der Waals surface area contributed by atoms with Crippen molar-refractivity contribution in [2.45, 2.75) is 126 Å². The van der Waals surface area contributed by atoms with E-state index in [4.69, 9.17) is 4.74 Å². The Hall–Kier alpha value is -1.53. The van der Waals surface area contributed by atoms with Crippen molar-refractivity contribution in [3.8, 4) is 0 Å². The van der Waals surface area contributed by atoms with Crippen LogP contribution in [0.3, 0.4) is 0 Å². The second kappa shape index (κ2) is 18.7. The number of ether oxygens (including phenoxy) is 1. The first-order valence-corrected chi connectivity index (χ1v) is 14.6. The number of Topliss-reactive ketones (excluding diaryl/α,β-unsaturated/α-hetero) is 1. The summed E-state index contributed by atoms with van der Waals surface area (Å²) in [6.45, 7) is 17.8. The third kappa shape index (κ3) is 12.8. The molecule has 0 aliphatic carbocycles. The van der Waals surface area contributed by atoms with E-state index in [1.165, 1.54) is 0 Å². The fraction of sp³-hybridized carbons (Fsp3) is 0.759. The van der Waals surface area contributed by atoms with Crippen LogP contribution in [0.25, 0.3) is 6.08 Å². The van der Waals surface area contributed by atoms with E-state index in [9.17, 15) is 14.7 Å². The first-order chi connectivity index (χ1) is 16.7. The molecule has 202 valence electrons. The Morgan fingerprint density at radius 1 is 1.06 bits per heavy atom. The van der Waals surface area contributed by atoms with Crippen molar-refractivity contribution in [2.24, 2.45) is 17.8 Å². The second-order valence-corrected chi connectivity index (χ2v) is 10.4. The summed E-state index contributed by atoms with van der Waals surface area (Å²) in [6.07, 6.45) is 7.34. The van der Waals surface area contributed by atoms with Gasteiger partial charge in [-0.05, 0) is 50.7 Å². The minimum atomic E-state index is -0.598. The number of aliphatic hydroxyl groups excluding tert-OH is 1. The minimum absolute atomic E-state index is 0.0348. The smallest absolute Gasteiger partial charge is 0.306 e. The number of hydrogen-bond donors (Lipinski definition) is 1. The first kappa shape index (κ1) is 33.5. The molecule has 0 radical (unpaired) electrons. The fourth-order valence-electron chi connectivity index (χ4n) is 4.19. The van der Waals surface area contributed by atoms with Crippen molar-refractivity contribution in [2.75, 3.05) is 0 Å².